The molecule has 4 N–H and O–H groups in total. The molecule has 0 atom stereocenters. The lowest BCUT2D eigenvalue weighted by Gasteiger charge is -2.25. The Morgan fingerprint density at radius 2 is 2.00 bits per heavy atom. The summed E-state index contributed by atoms with van der Waals surface area (Å²) in [6.07, 6.45) is 5.38. The number of halogens is 2. The van der Waals surface area contributed by atoms with Gasteiger partial charge >= 0.3 is 6.03 Å². The number of allylic oxidation sites excluding steroid dienone is 5. The summed E-state index contributed by atoms with van der Waals surface area (Å²) < 4.78 is 0. The van der Waals surface area contributed by atoms with Crippen molar-refractivity contribution in [1.29, 1.82) is 0 Å². The van der Waals surface area contributed by atoms with Crippen molar-refractivity contribution in [3.63, 3.8) is 0 Å². The van der Waals surface area contributed by atoms with Crippen molar-refractivity contribution < 1.29 is 4.79 Å². The van der Waals surface area contributed by atoms with E-state index in [0.717, 1.165) is 21.3 Å². The summed E-state index contributed by atoms with van der Waals surface area (Å²) in [5.74, 6) is 11.3. The van der Waals surface area contributed by atoms with Crippen LogP contribution in [-0.4, -0.2) is 28.4 Å². The van der Waals surface area contributed by atoms with Crippen LogP contribution in [0.3, 0.4) is 0 Å². The van der Waals surface area contributed by atoms with Crippen LogP contribution in [0.25, 0.3) is 0 Å². The number of carbonyl (C=O) groups is 1. The topological polar surface area (TPSA) is 75.6 Å². The zero-order chi connectivity index (χ0) is 15.7. The van der Waals surface area contributed by atoms with Crippen LogP contribution < -0.4 is 11.7 Å². The number of urea groups is 1. The van der Waals surface area contributed by atoms with Crippen LogP contribution >= 0.6 is 27.5 Å². The van der Waals surface area contributed by atoms with Gasteiger partial charge in [-0.25, -0.2) is 21.5 Å². The van der Waals surface area contributed by atoms with Crippen molar-refractivity contribution in [3.05, 3.63) is 35.0 Å². The molecule has 0 spiro atoms. The van der Waals surface area contributed by atoms with Gasteiger partial charge in [-0.2, -0.15) is 0 Å². The van der Waals surface area contributed by atoms with Gasteiger partial charge in [0.25, 0.3) is 0 Å². The predicted octanol–water partition coefficient (Wildman–Crippen LogP) is 3.24. The second-order valence-electron chi connectivity index (χ2n) is 4.15. The first-order valence-electron chi connectivity index (χ1n) is 6.20. The van der Waals surface area contributed by atoms with Crippen molar-refractivity contribution >= 4 is 33.6 Å². The molecule has 0 aliphatic heterocycles. The molecular formula is C13H22BrClN4O. The summed E-state index contributed by atoms with van der Waals surface area (Å²) >= 11 is 9.46. The highest BCUT2D eigenvalue weighted by atomic mass is 79.9. The molecule has 0 aliphatic carbocycles. The molecule has 0 saturated carbocycles. The molecule has 20 heavy (non-hydrogen) atoms. The highest BCUT2D eigenvalue weighted by Gasteiger charge is 2.18. The molecule has 7 heteroatoms. The lowest BCUT2D eigenvalue weighted by molar-refractivity contribution is 0.175. The molecule has 0 saturated heterocycles. The van der Waals surface area contributed by atoms with Crippen LogP contribution in [0.2, 0.25) is 0 Å². The predicted molar refractivity (Wildman–Crippen MR) is 87.9 cm³/mol. The van der Waals surface area contributed by atoms with Crippen LogP contribution in [0.5, 0.6) is 0 Å². The molecule has 0 unspecified atom stereocenters. The molecule has 0 fully saturated rings. The maximum atomic E-state index is 11.8. The largest absolute Gasteiger partial charge is 0.352 e. The summed E-state index contributed by atoms with van der Waals surface area (Å²) in [5.41, 5.74) is 1.76. The second-order valence-corrected chi connectivity index (χ2v) is 5.20. The Morgan fingerprint density at radius 3 is 2.40 bits per heavy atom. The van der Waals surface area contributed by atoms with Crippen molar-refractivity contribution in [2.24, 2.45) is 11.7 Å². The number of rotatable bonds is 7. The maximum Gasteiger partial charge on any atom is 0.352 e. The quantitative estimate of drug-likeness (QED) is 0.239. The van der Waals surface area contributed by atoms with E-state index in [9.17, 15) is 4.79 Å². The van der Waals surface area contributed by atoms with E-state index in [4.69, 9.17) is 23.3 Å². The number of hydrogen-bond donors (Lipinski definition) is 2. The third-order valence-electron chi connectivity index (χ3n) is 2.67. The molecule has 0 aromatic carbocycles. The minimum atomic E-state index is -0.465. The maximum absolute atomic E-state index is 11.8. The summed E-state index contributed by atoms with van der Waals surface area (Å²) in [4.78, 5) is 11.8. The molecule has 0 bridgehead atoms. The van der Waals surface area contributed by atoms with Gasteiger partial charge in [0.1, 0.15) is 0 Å². The number of carbonyl (C=O) groups excluding carboxylic acids is 1. The van der Waals surface area contributed by atoms with Gasteiger partial charge in [-0.05, 0) is 30.9 Å². The fraction of sp³-hybridized carbons (Fsp3) is 0.462. The lowest BCUT2D eigenvalue weighted by atomic mass is 10.1. The molecule has 0 aromatic heterocycles. The molecule has 0 rings (SSSR count). The number of nitrogens with two attached hydrogens (primary N) is 2. The number of nitrogens with zero attached hydrogens (tertiary/aromatic N) is 2. The first-order chi connectivity index (χ1) is 9.38. The van der Waals surface area contributed by atoms with Gasteiger partial charge < -0.3 is 0 Å². The van der Waals surface area contributed by atoms with E-state index in [0.29, 0.717) is 29.6 Å². The normalized spacial score (nSPS) is 12.8. The Morgan fingerprint density at radius 1 is 1.40 bits per heavy atom. The van der Waals surface area contributed by atoms with Crippen molar-refractivity contribution in [2.75, 3.05) is 12.4 Å². The highest BCUT2D eigenvalue weighted by molar-refractivity contribution is 9.09. The Bertz CT molecular complexity index is 407. The Kier molecular flexibility index (Phi) is 9.58. The first kappa shape index (κ1) is 19.2. The van der Waals surface area contributed by atoms with E-state index in [-0.39, 0.29) is 0 Å². The van der Waals surface area contributed by atoms with Crippen molar-refractivity contribution in [3.8, 4) is 0 Å². The van der Waals surface area contributed by atoms with Gasteiger partial charge in [0.15, 0.2) is 0 Å². The van der Waals surface area contributed by atoms with Gasteiger partial charge in [0.05, 0.1) is 0 Å². The van der Waals surface area contributed by atoms with Gasteiger partial charge in [0.2, 0.25) is 0 Å². The van der Waals surface area contributed by atoms with E-state index < -0.39 is 6.03 Å². The number of alkyl halides is 1. The molecule has 114 valence electrons. The van der Waals surface area contributed by atoms with E-state index in [1.807, 2.05) is 6.92 Å². The SMILES string of the molecule is C=C/C=C(/Cl)CC/C(CBr)=C(\CC)N(N)C(=O)N(C)N. The third-order valence-corrected chi connectivity index (χ3v) is 3.66. The van der Waals surface area contributed by atoms with Gasteiger partial charge in [-0.1, -0.05) is 47.1 Å². The van der Waals surface area contributed by atoms with Gasteiger partial charge in [0, 0.05) is 23.1 Å². The minimum Gasteiger partial charge on any atom is -0.264 e. The van der Waals surface area contributed by atoms with Crippen molar-refractivity contribution in [1.82, 2.24) is 10.0 Å². The first-order valence-corrected chi connectivity index (χ1v) is 7.70. The Labute approximate surface area is 134 Å². The second kappa shape index (κ2) is 9.99. The Hall–Kier alpha value is -0.820. The smallest absolute Gasteiger partial charge is 0.264 e. The van der Waals surface area contributed by atoms with Crippen LogP contribution in [-0.2, 0) is 0 Å². The summed E-state index contributed by atoms with van der Waals surface area (Å²) in [7, 11) is 1.45. The fourth-order valence-electron chi connectivity index (χ4n) is 1.65. The Balaban J connectivity index is 5.11. The molecule has 0 aromatic rings. The molecule has 0 heterocycles. The zero-order valence-electron chi connectivity index (χ0n) is 11.9. The number of hydrogen-bond acceptors (Lipinski definition) is 3. The monoisotopic (exact) mass is 364 g/mol. The van der Waals surface area contributed by atoms with Gasteiger partial charge in [-0.15, -0.1) is 0 Å². The summed E-state index contributed by atoms with van der Waals surface area (Å²) in [6.45, 7) is 5.53. The third kappa shape index (κ3) is 6.09. The lowest BCUT2D eigenvalue weighted by Crippen LogP contribution is -2.48. The van der Waals surface area contributed by atoms with E-state index >= 15 is 0 Å². The molecule has 0 radical (unpaired) electrons. The van der Waals surface area contributed by atoms with Crippen molar-refractivity contribution in [2.45, 2.75) is 26.2 Å². The van der Waals surface area contributed by atoms with E-state index in [2.05, 4.69) is 22.5 Å². The standard InChI is InChI=1S/C13H22BrClN4O/c1-4-6-11(15)8-7-10(9-14)12(5-2)19(17)13(20)18(3)16/h4,6H,1,5,7-9,16-17H2,2-3H3/b11-6+,12-10-. The van der Waals surface area contributed by atoms with Crippen LogP contribution in [0.15, 0.2) is 35.0 Å². The summed E-state index contributed by atoms with van der Waals surface area (Å²) in [6, 6.07) is -0.465. The van der Waals surface area contributed by atoms with Crippen LogP contribution in [0, 0.1) is 0 Å². The summed E-state index contributed by atoms with van der Waals surface area (Å²) in [5, 5.41) is 3.36. The molecule has 0 aliphatic rings. The molecule has 5 nitrogen and oxygen atoms in total. The average Bonchev–Trinajstić information content (AvgIpc) is 2.42. The number of amides is 2. The molecular weight excluding hydrogens is 344 g/mol. The highest BCUT2D eigenvalue weighted by Crippen LogP contribution is 2.22. The average molecular weight is 366 g/mol. The minimum absolute atomic E-state index is 0.465. The van der Waals surface area contributed by atoms with E-state index in [1.165, 1.54) is 7.05 Å². The van der Waals surface area contributed by atoms with Crippen LogP contribution in [0.1, 0.15) is 26.2 Å². The van der Waals surface area contributed by atoms with E-state index in [1.54, 1.807) is 12.2 Å². The fourth-order valence-corrected chi connectivity index (χ4v) is 2.43. The van der Waals surface area contributed by atoms with Crippen LogP contribution in [0.4, 0.5) is 4.79 Å². The van der Waals surface area contributed by atoms with Gasteiger partial charge in [-0.3, -0.25) is 5.01 Å². The zero-order valence-corrected chi connectivity index (χ0v) is 14.2. The number of hydrazine groups is 2. The molecule has 2 amide bonds.